The summed E-state index contributed by atoms with van der Waals surface area (Å²) >= 11 is 0. The molecule has 1 aliphatic heterocycles. The van der Waals surface area contributed by atoms with Gasteiger partial charge in [0, 0.05) is 32.2 Å². The molecular weight excluding hydrogens is 240 g/mol. The number of carbonyl (C=O) groups is 1. The van der Waals surface area contributed by atoms with Crippen LogP contribution in [0.1, 0.15) is 39.5 Å². The van der Waals surface area contributed by atoms with Crippen LogP contribution in [0.4, 0.5) is 0 Å². The van der Waals surface area contributed by atoms with Crippen LogP contribution in [0.15, 0.2) is 0 Å². The lowest BCUT2D eigenvalue weighted by atomic mass is 9.77. The number of carboxylic acid groups (broad SMARTS) is 1. The minimum Gasteiger partial charge on any atom is -0.480 e. The molecule has 0 spiro atoms. The Balaban J connectivity index is 1.87. The van der Waals surface area contributed by atoms with Gasteiger partial charge in [-0.25, -0.2) is 0 Å². The van der Waals surface area contributed by atoms with Gasteiger partial charge in [0.05, 0.1) is 6.54 Å². The van der Waals surface area contributed by atoms with E-state index in [1.165, 1.54) is 25.7 Å². The first kappa shape index (κ1) is 14.8. The van der Waals surface area contributed by atoms with Crippen molar-refractivity contribution < 1.29 is 9.90 Å². The Morgan fingerprint density at radius 1 is 1.16 bits per heavy atom. The second kappa shape index (κ2) is 6.71. The SMILES string of the molecule is CC(C)C1CCCCC1N1CCN(CC(=O)O)CC1. The lowest BCUT2D eigenvalue weighted by Gasteiger charge is -2.45. The molecule has 4 nitrogen and oxygen atoms in total. The molecular formula is C15H28N2O2. The number of nitrogens with zero attached hydrogens (tertiary/aromatic N) is 2. The Morgan fingerprint density at radius 3 is 2.37 bits per heavy atom. The molecule has 4 heteroatoms. The minimum absolute atomic E-state index is 0.201. The average molecular weight is 268 g/mol. The van der Waals surface area contributed by atoms with E-state index in [1.807, 2.05) is 0 Å². The Morgan fingerprint density at radius 2 is 1.79 bits per heavy atom. The fraction of sp³-hybridized carbons (Fsp3) is 0.933. The Labute approximate surface area is 116 Å². The molecule has 2 rings (SSSR count). The molecule has 1 heterocycles. The van der Waals surface area contributed by atoms with Crippen molar-refractivity contribution in [3.05, 3.63) is 0 Å². The molecule has 2 fully saturated rings. The highest BCUT2D eigenvalue weighted by molar-refractivity contribution is 5.69. The molecule has 19 heavy (non-hydrogen) atoms. The maximum absolute atomic E-state index is 10.7. The number of hydrogen-bond donors (Lipinski definition) is 1. The van der Waals surface area contributed by atoms with Crippen molar-refractivity contribution in [2.75, 3.05) is 32.7 Å². The second-order valence-electron chi connectivity index (χ2n) is 6.47. The fourth-order valence-corrected chi connectivity index (χ4v) is 3.82. The molecule has 0 radical (unpaired) electrons. The van der Waals surface area contributed by atoms with E-state index in [0.29, 0.717) is 0 Å². The maximum atomic E-state index is 10.7. The van der Waals surface area contributed by atoms with Crippen molar-refractivity contribution >= 4 is 5.97 Å². The van der Waals surface area contributed by atoms with Crippen molar-refractivity contribution in [2.24, 2.45) is 11.8 Å². The minimum atomic E-state index is -0.703. The van der Waals surface area contributed by atoms with E-state index in [1.54, 1.807) is 0 Å². The first-order valence-electron chi connectivity index (χ1n) is 7.76. The number of carboxylic acids is 1. The molecule has 1 saturated carbocycles. The zero-order valence-electron chi connectivity index (χ0n) is 12.3. The van der Waals surface area contributed by atoms with Crippen molar-refractivity contribution in [1.29, 1.82) is 0 Å². The third kappa shape index (κ3) is 3.93. The number of hydrogen-bond acceptors (Lipinski definition) is 3. The predicted molar refractivity (Wildman–Crippen MR) is 76.2 cm³/mol. The molecule has 0 aromatic carbocycles. The maximum Gasteiger partial charge on any atom is 0.317 e. The van der Waals surface area contributed by atoms with E-state index in [-0.39, 0.29) is 6.54 Å². The van der Waals surface area contributed by atoms with Crippen molar-refractivity contribution in [3.63, 3.8) is 0 Å². The fourth-order valence-electron chi connectivity index (χ4n) is 3.82. The first-order valence-corrected chi connectivity index (χ1v) is 7.76. The van der Waals surface area contributed by atoms with Crippen LogP contribution in [0.3, 0.4) is 0 Å². The van der Waals surface area contributed by atoms with Gasteiger partial charge in [0.2, 0.25) is 0 Å². The zero-order chi connectivity index (χ0) is 13.8. The van der Waals surface area contributed by atoms with Crippen molar-refractivity contribution in [3.8, 4) is 0 Å². The van der Waals surface area contributed by atoms with Crippen LogP contribution in [0.2, 0.25) is 0 Å². The number of rotatable bonds is 4. The van der Waals surface area contributed by atoms with Crippen molar-refractivity contribution in [1.82, 2.24) is 9.80 Å². The highest BCUT2D eigenvalue weighted by atomic mass is 16.4. The quantitative estimate of drug-likeness (QED) is 0.846. The Bertz CT molecular complexity index is 299. The molecule has 0 amide bonds. The molecule has 0 bridgehead atoms. The molecule has 1 saturated heterocycles. The van der Waals surface area contributed by atoms with Crippen LogP contribution < -0.4 is 0 Å². The molecule has 1 aliphatic carbocycles. The molecule has 1 N–H and O–H groups in total. The van der Waals surface area contributed by atoms with Gasteiger partial charge < -0.3 is 5.11 Å². The molecule has 110 valence electrons. The Hall–Kier alpha value is -0.610. The van der Waals surface area contributed by atoms with E-state index < -0.39 is 5.97 Å². The summed E-state index contributed by atoms with van der Waals surface area (Å²) in [6, 6.07) is 0.737. The van der Waals surface area contributed by atoms with Gasteiger partial charge in [-0.1, -0.05) is 26.7 Å². The summed E-state index contributed by atoms with van der Waals surface area (Å²) in [4.78, 5) is 15.4. The zero-order valence-corrected chi connectivity index (χ0v) is 12.3. The number of aliphatic carboxylic acids is 1. The largest absolute Gasteiger partial charge is 0.480 e. The number of piperazine rings is 1. The highest BCUT2D eigenvalue weighted by Gasteiger charge is 2.33. The summed E-state index contributed by atoms with van der Waals surface area (Å²) < 4.78 is 0. The average Bonchev–Trinajstić information content (AvgIpc) is 2.39. The summed E-state index contributed by atoms with van der Waals surface area (Å²) in [5, 5.41) is 8.84. The molecule has 2 atom stereocenters. The first-order chi connectivity index (χ1) is 9.08. The molecule has 2 aliphatic rings. The van der Waals surface area contributed by atoms with Crippen LogP contribution in [-0.4, -0.2) is 59.6 Å². The standard InChI is InChI=1S/C15H28N2O2/c1-12(2)13-5-3-4-6-14(13)17-9-7-16(8-10-17)11-15(18)19/h12-14H,3-11H2,1-2H3,(H,18,19). The predicted octanol–water partition coefficient (Wildman–Crippen LogP) is 1.90. The van der Waals surface area contributed by atoms with Gasteiger partial charge >= 0.3 is 5.97 Å². The van der Waals surface area contributed by atoms with E-state index >= 15 is 0 Å². The normalized spacial score (nSPS) is 30.7. The third-order valence-corrected chi connectivity index (χ3v) is 4.87. The van der Waals surface area contributed by atoms with Gasteiger partial charge in [-0.15, -0.1) is 0 Å². The van der Waals surface area contributed by atoms with Gasteiger partial charge in [0.1, 0.15) is 0 Å². The highest BCUT2D eigenvalue weighted by Crippen LogP contribution is 2.33. The molecule has 0 aromatic heterocycles. The molecule has 2 unspecified atom stereocenters. The molecule has 0 aromatic rings. The van der Waals surface area contributed by atoms with Crippen LogP contribution >= 0.6 is 0 Å². The van der Waals surface area contributed by atoms with Crippen LogP contribution in [0, 0.1) is 11.8 Å². The smallest absolute Gasteiger partial charge is 0.317 e. The lowest BCUT2D eigenvalue weighted by molar-refractivity contribution is -0.138. The third-order valence-electron chi connectivity index (χ3n) is 4.87. The van der Waals surface area contributed by atoms with Crippen LogP contribution in [0.25, 0.3) is 0 Å². The van der Waals surface area contributed by atoms with Gasteiger partial charge in [-0.05, 0) is 24.7 Å². The van der Waals surface area contributed by atoms with Crippen molar-refractivity contribution in [2.45, 2.75) is 45.6 Å². The summed E-state index contributed by atoms with van der Waals surface area (Å²) in [6.45, 7) is 8.81. The van der Waals surface area contributed by atoms with E-state index in [9.17, 15) is 4.79 Å². The second-order valence-corrected chi connectivity index (χ2v) is 6.47. The van der Waals surface area contributed by atoms with E-state index in [0.717, 1.165) is 44.1 Å². The summed E-state index contributed by atoms with van der Waals surface area (Å²) in [7, 11) is 0. The van der Waals surface area contributed by atoms with Gasteiger partial charge in [0.25, 0.3) is 0 Å². The summed E-state index contributed by atoms with van der Waals surface area (Å²) in [6.07, 6.45) is 5.46. The van der Waals surface area contributed by atoms with E-state index in [2.05, 4.69) is 23.6 Å². The van der Waals surface area contributed by atoms with Crippen LogP contribution in [0.5, 0.6) is 0 Å². The van der Waals surface area contributed by atoms with Gasteiger partial charge in [-0.3, -0.25) is 14.6 Å². The monoisotopic (exact) mass is 268 g/mol. The lowest BCUT2D eigenvalue weighted by Crippen LogP contribution is -2.54. The summed E-state index contributed by atoms with van der Waals surface area (Å²) in [5.41, 5.74) is 0. The summed E-state index contributed by atoms with van der Waals surface area (Å²) in [5.74, 6) is 0.897. The topological polar surface area (TPSA) is 43.8 Å². The van der Waals surface area contributed by atoms with Crippen LogP contribution in [-0.2, 0) is 4.79 Å². The Kier molecular flexibility index (Phi) is 5.22. The van der Waals surface area contributed by atoms with E-state index in [4.69, 9.17) is 5.11 Å². The van der Waals surface area contributed by atoms with Gasteiger partial charge in [0.15, 0.2) is 0 Å². The van der Waals surface area contributed by atoms with Gasteiger partial charge in [-0.2, -0.15) is 0 Å².